The van der Waals surface area contributed by atoms with Crippen molar-refractivity contribution >= 4 is 11.6 Å². The number of carbonyl (C=O) groups excluding carboxylic acids is 1. The summed E-state index contributed by atoms with van der Waals surface area (Å²) in [6, 6.07) is 3.32. The number of rotatable bonds is 3. The average Bonchev–Trinajstić information content (AvgIpc) is 2.17. The molecule has 0 bridgehead atoms. The van der Waals surface area contributed by atoms with Crippen molar-refractivity contribution in [3.63, 3.8) is 0 Å². The lowest BCUT2D eigenvalue weighted by atomic mass is 9.90. The highest BCUT2D eigenvalue weighted by Gasteiger charge is 2.28. The van der Waals surface area contributed by atoms with E-state index in [1.807, 2.05) is 6.92 Å². The van der Waals surface area contributed by atoms with E-state index in [1.54, 1.807) is 25.3 Å². The summed E-state index contributed by atoms with van der Waals surface area (Å²) in [6.07, 6.45) is 2.12. The van der Waals surface area contributed by atoms with Gasteiger partial charge >= 0.3 is 0 Å². The van der Waals surface area contributed by atoms with Gasteiger partial charge in [0.25, 0.3) is 0 Å². The van der Waals surface area contributed by atoms with Crippen LogP contribution in [0.1, 0.15) is 30.6 Å². The second kappa shape index (κ2) is 3.75. The molecule has 4 N–H and O–H groups in total. The molecule has 0 amide bonds. The van der Waals surface area contributed by atoms with Gasteiger partial charge in [0.15, 0.2) is 5.78 Å². The minimum atomic E-state index is -0.864. The number of pyridine rings is 1. The Kier molecular flexibility index (Phi) is 2.86. The summed E-state index contributed by atoms with van der Waals surface area (Å²) in [5, 5.41) is 0. The number of aromatic nitrogens is 1. The van der Waals surface area contributed by atoms with Crippen LogP contribution in [0.15, 0.2) is 18.3 Å². The molecule has 1 heterocycles. The second-order valence-electron chi connectivity index (χ2n) is 3.54. The molecule has 1 unspecified atom stereocenters. The molecule has 0 radical (unpaired) electrons. The lowest BCUT2D eigenvalue weighted by molar-refractivity contribution is 0.0898. The molecule has 76 valence electrons. The Bertz CT molecular complexity index is 347. The van der Waals surface area contributed by atoms with Crippen LogP contribution in [0.2, 0.25) is 0 Å². The zero-order valence-electron chi connectivity index (χ0n) is 8.45. The fraction of sp³-hybridized carbons (Fsp3) is 0.400. The molecule has 0 saturated heterocycles. The molecular weight excluding hydrogens is 178 g/mol. The van der Waals surface area contributed by atoms with Gasteiger partial charge in [-0.15, -0.1) is 0 Å². The van der Waals surface area contributed by atoms with Gasteiger partial charge in [0.2, 0.25) is 0 Å². The fourth-order valence-electron chi connectivity index (χ4n) is 1.08. The number of ketones is 1. The minimum Gasteiger partial charge on any atom is -0.383 e. The molecule has 1 aromatic rings. The van der Waals surface area contributed by atoms with Crippen LogP contribution in [0.3, 0.4) is 0 Å². The zero-order chi connectivity index (χ0) is 10.8. The van der Waals surface area contributed by atoms with Crippen LogP contribution in [0.5, 0.6) is 0 Å². The van der Waals surface area contributed by atoms with Crippen LogP contribution in [0.25, 0.3) is 0 Å². The van der Waals surface area contributed by atoms with Gasteiger partial charge < -0.3 is 11.5 Å². The monoisotopic (exact) mass is 193 g/mol. The standard InChI is InChI=1S/C10H15N3O/c1-3-10(2,12)8(14)7-5-4-6-13-9(7)11/h4-6H,3,12H2,1-2H3,(H2,11,13). The van der Waals surface area contributed by atoms with E-state index in [0.29, 0.717) is 12.0 Å². The first-order chi connectivity index (χ1) is 6.49. The third-order valence-corrected chi connectivity index (χ3v) is 2.34. The Morgan fingerprint density at radius 3 is 2.79 bits per heavy atom. The summed E-state index contributed by atoms with van der Waals surface area (Å²) >= 11 is 0. The molecule has 0 fully saturated rings. The zero-order valence-corrected chi connectivity index (χ0v) is 8.45. The molecule has 4 heteroatoms. The highest BCUT2D eigenvalue weighted by atomic mass is 16.1. The summed E-state index contributed by atoms with van der Waals surface area (Å²) in [4.78, 5) is 15.7. The third-order valence-electron chi connectivity index (χ3n) is 2.34. The molecule has 1 atom stereocenters. The number of anilines is 1. The van der Waals surface area contributed by atoms with Crippen molar-refractivity contribution in [3.8, 4) is 0 Å². The molecule has 0 spiro atoms. The van der Waals surface area contributed by atoms with E-state index in [2.05, 4.69) is 4.98 Å². The largest absolute Gasteiger partial charge is 0.383 e. The Balaban J connectivity index is 3.07. The number of carbonyl (C=O) groups is 1. The Hall–Kier alpha value is -1.42. The summed E-state index contributed by atoms with van der Waals surface area (Å²) in [6.45, 7) is 3.56. The first kappa shape index (κ1) is 10.7. The number of nitrogens with two attached hydrogens (primary N) is 2. The van der Waals surface area contributed by atoms with Crippen LogP contribution < -0.4 is 11.5 Å². The van der Waals surface area contributed by atoms with Crippen molar-refractivity contribution in [2.45, 2.75) is 25.8 Å². The van der Waals surface area contributed by atoms with E-state index in [9.17, 15) is 4.79 Å². The predicted molar refractivity (Wildman–Crippen MR) is 55.9 cm³/mol. The first-order valence-corrected chi connectivity index (χ1v) is 4.53. The molecule has 0 aliphatic carbocycles. The van der Waals surface area contributed by atoms with Gasteiger partial charge in [-0.2, -0.15) is 0 Å². The van der Waals surface area contributed by atoms with Gasteiger partial charge in [-0.3, -0.25) is 4.79 Å². The Morgan fingerprint density at radius 1 is 1.64 bits per heavy atom. The van der Waals surface area contributed by atoms with E-state index < -0.39 is 5.54 Å². The quantitative estimate of drug-likeness (QED) is 0.701. The van der Waals surface area contributed by atoms with Gasteiger partial charge in [-0.25, -0.2) is 4.98 Å². The predicted octanol–water partition coefficient (Wildman–Crippen LogP) is 0.974. The van der Waals surface area contributed by atoms with Gasteiger partial charge in [0.05, 0.1) is 11.1 Å². The Morgan fingerprint density at radius 2 is 2.29 bits per heavy atom. The normalized spacial score (nSPS) is 14.8. The summed E-state index contributed by atoms with van der Waals surface area (Å²) in [5.74, 6) is 0.0771. The lowest BCUT2D eigenvalue weighted by Gasteiger charge is -2.21. The van der Waals surface area contributed by atoms with Crippen LogP contribution in [0, 0.1) is 0 Å². The van der Waals surface area contributed by atoms with Gasteiger partial charge in [0.1, 0.15) is 5.82 Å². The fourth-order valence-corrected chi connectivity index (χ4v) is 1.08. The molecule has 14 heavy (non-hydrogen) atoms. The number of nitrogens with zero attached hydrogens (tertiary/aromatic N) is 1. The third kappa shape index (κ3) is 1.90. The highest BCUT2D eigenvalue weighted by Crippen LogP contribution is 2.17. The van der Waals surface area contributed by atoms with Crippen LogP contribution in [-0.2, 0) is 0 Å². The van der Waals surface area contributed by atoms with Gasteiger partial charge in [-0.05, 0) is 25.5 Å². The van der Waals surface area contributed by atoms with E-state index in [1.165, 1.54) is 0 Å². The van der Waals surface area contributed by atoms with Crippen molar-refractivity contribution in [3.05, 3.63) is 23.9 Å². The van der Waals surface area contributed by atoms with Gasteiger partial charge in [0, 0.05) is 6.20 Å². The molecule has 0 aromatic carbocycles. The molecule has 4 nitrogen and oxygen atoms in total. The van der Waals surface area contributed by atoms with E-state index in [-0.39, 0.29) is 11.6 Å². The molecule has 0 saturated carbocycles. The van der Waals surface area contributed by atoms with Crippen molar-refractivity contribution in [2.75, 3.05) is 5.73 Å². The van der Waals surface area contributed by atoms with Crippen molar-refractivity contribution in [2.24, 2.45) is 5.73 Å². The summed E-state index contributed by atoms with van der Waals surface area (Å²) < 4.78 is 0. The molecular formula is C10H15N3O. The number of Topliss-reactive ketones (excluding diaryl/α,β-unsaturated/α-hetero) is 1. The SMILES string of the molecule is CCC(C)(N)C(=O)c1cccnc1N. The first-order valence-electron chi connectivity index (χ1n) is 4.53. The van der Waals surface area contributed by atoms with E-state index >= 15 is 0 Å². The summed E-state index contributed by atoms with van der Waals surface area (Å²) in [7, 11) is 0. The van der Waals surface area contributed by atoms with Crippen molar-refractivity contribution in [1.29, 1.82) is 0 Å². The molecule has 1 rings (SSSR count). The summed E-state index contributed by atoms with van der Waals surface area (Å²) in [5.41, 5.74) is 11.0. The molecule has 0 aliphatic rings. The topological polar surface area (TPSA) is 82.0 Å². The lowest BCUT2D eigenvalue weighted by Crippen LogP contribution is -2.44. The second-order valence-corrected chi connectivity index (χ2v) is 3.54. The van der Waals surface area contributed by atoms with Gasteiger partial charge in [-0.1, -0.05) is 6.92 Å². The van der Waals surface area contributed by atoms with Crippen LogP contribution >= 0.6 is 0 Å². The Labute approximate surface area is 83.3 Å². The average molecular weight is 193 g/mol. The van der Waals surface area contributed by atoms with E-state index in [4.69, 9.17) is 11.5 Å². The smallest absolute Gasteiger partial charge is 0.186 e. The van der Waals surface area contributed by atoms with Crippen LogP contribution in [0.4, 0.5) is 5.82 Å². The number of nitrogen functional groups attached to an aromatic ring is 1. The maximum Gasteiger partial charge on any atom is 0.186 e. The van der Waals surface area contributed by atoms with Crippen molar-refractivity contribution < 1.29 is 4.79 Å². The maximum absolute atomic E-state index is 11.9. The van der Waals surface area contributed by atoms with Crippen molar-refractivity contribution in [1.82, 2.24) is 4.98 Å². The van der Waals surface area contributed by atoms with E-state index in [0.717, 1.165) is 0 Å². The molecule has 0 aliphatic heterocycles. The highest BCUT2D eigenvalue weighted by molar-refractivity contribution is 6.05. The molecule has 1 aromatic heterocycles. The van der Waals surface area contributed by atoms with Crippen LogP contribution in [-0.4, -0.2) is 16.3 Å². The maximum atomic E-state index is 11.9. The minimum absolute atomic E-state index is 0.161. The number of hydrogen-bond acceptors (Lipinski definition) is 4. The number of hydrogen-bond donors (Lipinski definition) is 2.